The van der Waals surface area contributed by atoms with E-state index in [1.54, 1.807) is 10.8 Å². The lowest BCUT2D eigenvalue weighted by Crippen LogP contribution is -1.91. The standard InChI is InChI=1S/C5H12O3S2.C5H12S2/c1-2-3-4-5-9-10(6,7)8;1-2-3-4-5-7-6/h2-5H2,1H3,(H,6,7,8);6H,2-5H2,1H3. The molecule has 0 rings (SSSR count). The molecule has 0 saturated carbocycles. The van der Waals surface area contributed by atoms with Gasteiger partial charge >= 0.3 is 9.15 Å². The van der Waals surface area contributed by atoms with Crippen LogP contribution in [0.25, 0.3) is 0 Å². The van der Waals surface area contributed by atoms with Crippen LogP contribution < -0.4 is 0 Å². The molecular weight excluding hydrogens is 296 g/mol. The second-order valence-corrected chi connectivity index (χ2v) is 8.41. The van der Waals surface area contributed by atoms with Crippen molar-refractivity contribution in [2.45, 2.75) is 52.4 Å². The summed E-state index contributed by atoms with van der Waals surface area (Å²) in [6.07, 6.45) is 6.92. The molecule has 0 aliphatic rings. The molecule has 0 aliphatic carbocycles. The molecule has 3 nitrogen and oxygen atoms in total. The van der Waals surface area contributed by atoms with Gasteiger partial charge < -0.3 is 0 Å². The molecule has 0 heterocycles. The van der Waals surface area contributed by atoms with Gasteiger partial charge in [-0.1, -0.05) is 50.3 Å². The van der Waals surface area contributed by atoms with Crippen molar-refractivity contribution in [2.24, 2.45) is 0 Å². The Labute approximate surface area is 119 Å². The molecule has 106 valence electrons. The monoisotopic (exact) mass is 320 g/mol. The van der Waals surface area contributed by atoms with E-state index in [4.69, 9.17) is 4.55 Å². The summed E-state index contributed by atoms with van der Waals surface area (Å²) in [5.74, 6) is 1.70. The summed E-state index contributed by atoms with van der Waals surface area (Å²) in [4.78, 5) is 0. The number of hydrogen-bond acceptors (Lipinski definition) is 5. The minimum atomic E-state index is -3.79. The van der Waals surface area contributed by atoms with Crippen LogP contribution in [-0.4, -0.2) is 24.5 Å². The molecule has 0 radical (unpaired) electrons. The van der Waals surface area contributed by atoms with Gasteiger partial charge in [-0.05, 0) is 23.6 Å². The van der Waals surface area contributed by atoms with Crippen LogP contribution in [0.4, 0.5) is 0 Å². The van der Waals surface area contributed by atoms with Crippen molar-refractivity contribution in [2.75, 3.05) is 11.5 Å². The Morgan fingerprint density at radius 1 is 1.00 bits per heavy atom. The van der Waals surface area contributed by atoms with Gasteiger partial charge in [0.1, 0.15) is 0 Å². The molecule has 0 amide bonds. The summed E-state index contributed by atoms with van der Waals surface area (Å²) < 4.78 is 28.5. The van der Waals surface area contributed by atoms with Crippen molar-refractivity contribution < 1.29 is 13.0 Å². The van der Waals surface area contributed by atoms with Crippen molar-refractivity contribution in [3.05, 3.63) is 0 Å². The maximum Gasteiger partial charge on any atom is 0.319 e. The van der Waals surface area contributed by atoms with Crippen LogP contribution >= 0.6 is 33.2 Å². The first kappa shape index (κ1) is 20.3. The van der Waals surface area contributed by atoms with Gasteiger partial charge in [-0.2, -0.15) is 8.42 Å². The summed E-state index contributed by atoms with van der Waals surface area (Å²) in [6.45, 7) is 4.25. The first-order chi connectivity index (χ1) is 7.97. The molecule has 0 unspecified atom stereocenters. The first-order valence-corrected chi connectivity index (χ1v) is 10.8. The average Bonchev–Trinajstić information content (AvgIpc) is 2.25. The quantitative estimate of drug-likeness (QED) is 0.284. The predicted molar refractivity (Wildman–Crippen MR) is 84.5 cm³/mol. The van der Waals surface area contributed by atoms with Gasteiger partial charge in [0, 0.05) is 11.5 Å². The van der Waals surface area contributed by atoms with Crippen LogP contribution in [0.5, 0.6) is 0 Å². The minimum Gasteiger partial charge on any atom is -0.277 e. The first-order valence-electron chi connectivity index (χ1n) is 5.86. The fourth-order valence-corrected chi connectivity index (χ4v) is 3.17. The Hall–Kier alpha value is 0.960. The Morgan fingerprint density at radius 2 is 1.47 bits per heavy atom. The summed E-state index contributed by atoms with van der Waals surface area (Å²) in [6, 6.07) is 0. The van der Waals surface area contributed by atoms with E-state index < -0.39 is 9.15 Å². The molecule has 0 aliphatic heterocycles. The second kappa shape index (κ2) is 15.0. The molecule has 0 atom stereocenters. The van der Waals surface area contributed by atoms with Gasteiger partial charge in [0.25, 0.3) is 0 Å². The van der Waals surface area contributed by atoms with Crippen LogP contribution in [0.1, 0.15) is 52.4 Å². The lowest BCUT2D eigenvalue weighted by molar-refractivity contribution is 0.503. The molecule has 0 aromatic carbocycles. The maximum atomic E-state index is 10.1. The molecular formula is C10H24O3S4. The zero-order valence-corrected chi connectivity index (χ0v) is 13.9. The predicted octanol–water partition coefficient (Wildman–Crippen LogP) is 4.47. The van der Waals surface area contributed by atoms with Crippen LogP contribution in [0.15, 0.2) is 0 Å². The molecule has 0 saturated heterocycles. The fraction of sp³-hybridized carbons (Fsp3) is 1.00. The molecule has 7 heteroatoms. The van der Waals surface area contributed by atoms with Gasteiger partial charge in [0.15, 0.2) is 0 Å². The highest BCUT2D eigenvalue weighted by atomic mass is 33.1. The van der Waals surface area contributed by atoms with Gasteiger partial charge in [-0.15, -0.1) is 11.7 Å². The molecule has 0 aromatic heterocycles. The van der Waals surface area contributed by atoms with Gasteiger partial charge in [-0.25, -0.2) is 0 Å². The van der Waals surface area contributed by atoms with E-state index in [9.17, 15) is 8.42 Å². The largest absolute Gasteiger partial charge is 0.319 e. The SMILES string of the molecule is CCCCCSS.CCCCCSS(=O)(=O)O. The average molecular weight is 321 g/mol. The summed E-state index contributed by atoms with van der Waals surface area (Å²) in [5.41, 5.74) is 0. The van der Waals surface area contributed by atoms with Crippen molar-refractivity contribution in [1.29, 1.82) is 0 Å². The smallest absolute Gasteiger partial charge is 0.277 e. The van der Waals surface area contributed by atoms with E-state index in [1.165, 1.54) is 25.0 Å². The zero-order valence-electron chi connectivity index (χ0n) is 10.6. The van der Waals surface area contributed by atoms with E-state index in [0.717, 1.165) is 19.3 Å². The van der Waals surface area contributed by atoms with Crippen LogP contribution in [0, 0.1) is 0 Å². The minimum absolute atomic E-state index is 0.493. The zero-order chi connectivity index (χ0) is 13.6. The van der Waals surface area contributed by atoms with Crippen molar-refractivity contribution >= 4 is 42.4 Å². The highest BCUT2D eigenvalue weighted by Crippen LogP contribution is 2.11. The Bertz CT molecular complexity index is 226. The van der Waals surface area contributed by atoms with Crippen LogP contribution in [-0.2, 0) is 9.15 Å². The number of thiol groups is 1. The third-order valence-electron chi connectivity index (χ3n) is 1.82. The Morgan fingerprint density at radius 3 is 1.82 bits per heavy atom. The second-order valence-electron chi connectivity index (χ2n) is 3.50. The van der Waals surface area contributed by atoms with E-state index in [2.05, 4.69) is 18.6 Å². The topological polar surface area (TPSA) is 54.4 Å². The lowest BCUT2D eigenvalue weighted by Gasteiger charge is -1.94. The summed E-state index contributed by atoms with van der Waals surface area (Å²) in [7, 11) is -1.55. The summed E-state index contributed by atoms with van der Waals surface area (Å²) >= 11 is 4.01. The van der Waals surface area contributed by atoms with E-state index in [0.29, 0.717) is 16.5 Å². The van der Waals surface area contributed by atoms with Crippen molar-refractivity contribution in [1.82, 2.24) is 0 Å². The van der Waals surface area contributed by atoms with E-state index in [-0.39, 0.29) is 0 Å². The lowest BCUT2D eigenvalue weighted by atomic mass is 10.3. The van der Waals surface area contributed by atoms with Gasteiger partial charge in [0.05, 0.1) is 0 Å². The Kier molecular flexibility index (Phi) is 17.9. The van der Waals surface area contributed by atoms with E-state index >= 15 is 0 Å². The number of hydrogen-bond donors (Lipinski definition) is 2. The van der Waals surface area contributed by atoms with Crippen LogP contribution in [0.3, 0.4) is 0 Å². The third-order valence-corrected chi connectivity index (χ3v) is 4.99. The molecule has 0 fully saturated rings. The molecule has 1 N–H and O–H groups in total. The molecule has 0 aromatic rings. The normalized spacial score (nSPS) is 10.8. The Balaban J connectivity index is 0. The highest BCUT2D eigenvalue weighted by molar-refractivity contribution is 8.70. The van der Waals surface area contributed by atoms with Crippen molar-refractivity contribution in [3.63, 3.8) is 0 Å². The van der Waals surface area contributed by atoms with Crippen molar-refractivity contribution in [3.8, 4) is 0 Å². The maximum absolute atomic E-state index is 10.1. The molecule has 0 bridgehead atoms. The molecule has 17 heavy (non-hydrogen) atoms. The number of unbranched alkanes of at least 4 members (excludes halogenated alkanes) is 4. The van der Waals surface area contributed by atoms with Gasteiger partial charge in [-0.3, -0.25) is 4.55 Å². The van der Waals surface area contributed by atoms with Crippen LogP contribution in [0.2, 0.25) is 0 Å². The highest BCUT2D eigenvalue weighted by Gasteiger charge is 2.02. The third kappa shape index (κ3) is 26.5. The number of rotatable bonds is 9. The van der Waals surface area contributed by atoms with Gasteiger partial charge in [0.2, 0.25) is 0 Å². The van der Waals surface area contributed by atoms with E-state index in [1.807, 2.05) is 6.92 Å². The summed E-state index contributed by atoms with van der Waals surface area (Å²) in [5, 5.41) is 0. The molecule has 0 spiro atoms. The fourth-order valence-electron chi connectivity index (χ4n) is 0.933.